The number of carbonyl (C=O) groups excluding carboxylic acids is 1. The van der Waals surface area contributed by atoms with Gasteiger partial charge in [0.2, 0.25) is 5.91 Å². The Morgan fingerprint density at radius 2 is 1.93 bits per heavy atom. The molecule has 27 heavy (non-hydrogen) atoms. The normalized spacial score (nSPS) is 12.5. The standard InChI is InChI=1S/C22H19N3O2/c1-14-11-16(5-7-19(14)22(23)26)21-13-18(8-10-25-21)27-17-6-4-15-3-2-9-24-20(15)12-17/h3-8,10-13H,2,9H2,1H3,(H2,23,26). The molecule has 3 aromatic rings. The van der Waals surface area contributed by atoms with Gasteiger partial charge < -0.3 is 10.5 Å². The first kappa shape index (κ1) is 17.0. The van der Waals surface area contributed by atoms with Crippen LogP contribution < -0.4 is 21.0 Å². The summed E-state index contributed by atoms with van der Waals surface area (Å²) >= 11 is 0. The summed E-state index contributed by atoms with van der Waals surface area (Å²) < 4.78 is 6.01. The molecule has 0 saturated heterocycles. The van der Waals surface area contributed by atoms with Crippen LogP contribution in [0.15, 0.2) is 59.7 Å². The fourth-order valence-corrected chi connectivity index (χ4v) is 3.17. The van der Waals surface area contributed by atoms with Gasteiger partial charge >= 0.3 is 0 Å². The van der Waals surface area contributed by atoms with E-state index in [1.54, 1.807) is 12.3 Å². The van der Waals surface area contributed by atoms with Crippen molar-refractivity contribution in [1.29, 1.82) is 0 Å². The number of fused-ring (bicyclic) bond motifs is 1. The maximum absolute atomic E-state index is 11.4. The summed E-state index contributed by atoms with van der Waals surface area (Å²) in [7, 11) is 0. The van der Waals surface area contributed by atoms with E-state index >= 15 is 0 Å². The van der Waals surface area contributed by atoms with Gasteiger partial charge in [0, 0.05) is 36.0 Å². The van der Waals surface area contributed by atoms with E-state index < -0.39 is 5.91 Å². The van der Waals surface area contributed by atoms with Crippen molar-refractivity contribution < 1.29 is 9.53 Å². The second-order valence-corrected chi connectivity index (χ2v) is 6.47. The zero-order valence-corrected chi connectivity index (χ0v) is 15.0. The lowest BCUT2D eigenvalue weighted by Crippen LogP contribution is -2.27. The number of hydrogen-bond donors (Lipinski definition) is 1. The Labute approximate surface area is 156 Å². The Hall–Kier alpha value is -3.47. The molecule has 0 bridgehead atoms. The Bertz CT molecular complexity index is 1150. The number of carbonyl (C=O) groups is 1. The molecule has 0 spiro atoms. The van der Waals surface area contributed by atoms with E-state index in [9.17, 15) is 4.79 Å². The summed E-state index contributed by atoms with van der Waals surface area (Å²) in [5.41, 5.74) is 8.38. The van der Waals surface area contributed by atoms with Crippen molar-refractivity contribution in [3.05, 3.63) is 76.4 Å². The Morgan fingerprint density at radius 3 is 2.74 bits per heavy atom. The highest BCUT2D eigenvalue weighted by atomic mass is 16.5. The minimum absolute atomic E-state index is 0.431. The number of primary amides is 1. The van der Waals surface area contributed by atoms with Crippen LogP contribution in [0.1, 0.15) is 22.3 Å². The zero-order valence-electron chi connectivity index (χ0n) is 15.0. The first-order valence-corrected chi connectivity index (χ1v) is 8.80. The van der Waals surface area contributed by atoms with Gasteiger partial charge in [0.25, 0.3) is 0 Å². The van der Waals surface area contributed by atoms with Gasteiger partial charge in [-0.3, -0.25) is 14.8 Å². The van der Waals surface area contributed by atoms with Crippen molar-refractivity contribution in [2.75, 3.05) is 6.54 Å². The van der Waals surface area contributed by atoms with Crippen LogP contribution in [0.5, 0.6) is 11.5 Å². The van der Waals surface area contributed by atoms with E-state index in [4.69, 9.17) is 10.5 Å². The SMILES string of the molecule is Cc1cc(-c2cc(Oc3ccc4c(c3)=NCCC=4)ccn2)ccc1C(N)=O. The molecule has 1 aromatic heterocycles. The molecule has 0 radical (unpaired) electrons. The molecule has 2 N–H and O–H groups in total. The molecule has 0 unspecified atom stereocenters. The molecule has 0 aliphatic carbocycles. The van der Waals surface area contributed by atoms with Crippen molar-refractivity contribution in [3.63, 3.8) is 0 Å². The van der Waals surface area contributed by atoms with Gasteiger partial charge in [0.15, 0.2) is 0 Å². The topological polar surface area (TPSA) is 77.6 Å². The van der Waals surface area contributed by atoms with E-state index in [2.05, 4.69) is 16.1 Å². The van der Waals surface area contributed by atoms with Crippen LogP contribution >= 0.6 is 0 Å². The number of aryl methyl sites for hydroxylation is 1. The van der Waals surface area contributed by atoms with Crippen LogP contribution in [-0.2, 0) is 0 Å². The summed E-state index contributed by atoms with van der Waals surface area (Å²) in [6.07, 6.45) is 4.88. The Balaban J connectivity index is 1.64. The van der Waals surface area contributed by atoms with Crippen molar-refractivity contribution in [3.8, 4) is 22.8 Å². The first-order chi connectivity index (χ1) is 13.1. The van der Waals surface area contributed by atoms with Gasteiger partial charge in [-0.25, -0.2) is 0 Å². The summed E-state index contributed by atoms with van der Waals surface area (Å²) in [5.74, 6) is 1.00. The van der Waals surface area contributed by atoms with Gasteiger partial charge in [-0.2, -0.15) is 0 Å². The van der Waals surface area contributed by atoms with E-state index in [1.165, 1.54) is 0 Å². The number of amides is 1. The minimum atomic E-state index is -0.431. The average Bonchev–Trinajstić information content (AvgIpc) is 2.68. The van der Waals surface area contributed by atoms with E-state index in [1.807, 2.05) is 49.4 Å². The highest BCUT2D eigenvalue weighted by Crippen LogP contribution is 2.26. The molecule has 4 rings (SSSR count). The lowest BCUT2D eigenvalue weighted by Gasteiger charge is -2.09. The molecular weight excluding hydrogens is 338 g/mol. The second-order valence-electron chi connectivity index (χ2n) is 6.47. The fourth-order valence-electron chi connectivity index (χ4n) is 3.17. The van der Waals surface area contributed by atoms with Crippen molar-refractivity contribution in [1.82, 2.24) is 4.98 Å². The van der Waals surface area contributed by atoms with E-state index in [0.717, 1.165) is 46.1 Å². The molecule has 0 fully saturated rings. The molecule has 2 aromatic carbocycles. The molecule has 1 amide bonds. The quantitative estimate of drug-likeness (QED) is 0.780. The lowest BCUT2D eigenvalue weighted by molar-refractivity contribution is 0.0999. The largest absolute Gasteiger partial charge is 0.457 e. The third-order valence-electron chi connectivity index (χ3n) is 4.53. The lowest BCUT2D eigenvalue weighted by atomic mass is 10.0. The third kappa shape index (κ3) is 3.58. The predicted octanol–water partition coefficient (Wildman–Crippen LogP) is 2.75. The van der Waals surface area contributed by atoms with Gasteiger partial charge in [-0.15, -0.1) is 0 Å². The van der Waals surface area contributed by atoms with Gasteiger partial charge in [0.1, 0.15) is 11.5 Å². The predicted molar refractivity (Wildman–Crippen MR) is 104 cm³/mol. The molecule has 1 aliphatic heterocycles. The Kier molecular flexibility index (Phi) is 4.42. The summed E-state index contributed by atoms with van der Waals surface area (Å²) in [6.45, 7) is 2.67. The van der Waals surface area contributed by atoms with Gasteiger partial charge in [-0.05, 0) is 54.5 Å². The maximum Gasteiger partial charge on any atom is 0.248 e. The van der Waals surface area contributed by atoms with E-state index in [-0.39, 0.29) is 0 Å². The maximum atomic E-state index is 11.4. The first-order valence-electron chi connectivity index (χ1n) is 8.80. The molecule has 0 atom stereocenters. The van der Waals surface area contributed by atoms with Crippen LogP contribution in [0.2, 0.25) is 0 Å². The number of nitrogens with two attached hydrogens (primary N) is 1. The number of rotatable bonds is 4. The summed E-state index contributed by atoms with van der Waals surface area (Å²) in [6, 6.07) is 15.1. The van der Waals surface area contributed by atoms with Gasteiger partial charge in [-0.1, -0.05) is 12.1 Å². The molecular formula is C22H19N3O2. The fraction of sp³-hybridized carbons (Fsp3) is 0.136. The smallest absolute Gasteiger partial charge is 0.248 e. The van der Waals surface area contributed by atoms with Crippen LogP contribution in [0, 0.1) is 6.92 Å². The van der Waals surface area contributed by atoms with Crippen molar-refractivity contribution >= 4 is 12.0 Å². The van der Waals surface area contributed by atoms with Crippen LogP contribution in [0.4, 0.5) is 0 Å². The van der Waals surface area contributed by atoms with Gasteiger partial charge in [0.05, 0.1) is 11.1 Å². The highest BCUT2D eigenvalue weighted by Gasteiger charge is 2.08. The molecule has 5 heteroatoms. The van der Waals surface area contributed by atoms with Crippen molar-refractivity contribution in [2.24, 2.45) is 10.7 Å². The summed E-state index contributed by atoms with van der Waals surface area (Å²) in [5, 5.41) is 2.11. The molecule has 5 nitrogen and oxygen atoms in total. The van der Waals surface area contributed by atoms with Crippen LogP contribution in [-0.4, -0.2) is 17.4 Å². The van der Waals surface area contributed by atoms with Crippen molar-refractivity contribution in [2.45, 2.75) is 13.3 Å². The average molecular weight is 357 g/mol. The minimum Gasteiger partial charge on any atom is -0.457 e. The van der Waals surface area contributed by atoms with Crippen LogP contribution in [0.3, 0.4) is 0 Å². The summed E-state index contributed by atoms with van der Waals surface area (Å²) in [4.78, 5) is 20.4. The van der Waals surface area contributed by atoms with Crippen LogP contribution in [0.25, 0.3) is 17.3 Å². The third-order valence-corrected chi connectivity index (χ3v) is 4.53. The zero-order chi connectivity index (χ0) is 18.8. The van der Waals surface area contributed by atoms with E-state index in [0.29, 0.717) is 11.3 Å². The number of hydrogen-bond acceptors (Lipinski definition) is 4. The highest BCUT2D eigenvalue weighted by molar-refractivity contribution is 5.94. The number of ether oxygens (including phenoxy) is 1. The molecule has 134 valence electrons. The number of pyridine rings is 1. The molecule has 1 aliphatic rings. The molecule has 2 heterocycles. The Morgan fingerprint density at radius 1 is 1.07 bits per heavy atom. The second kappa shape index (κ2) is 7.03. The monoisotopic (exact) mass is 357 g/mol. The number of benzene rings is 2. The molecule has 0 saturated carbocycles. The number of nitrogens with zero attached hydrogens (tertiary/aromatic N) is 2. The number of aromatic nitrogens is 1.